The monoisotopic (exact) mass is 127 g/mol. The van der Waals surface area contributed by atoms with Crippen molar-refractivity contribution < 1.29 is 4.52 Å². The summed E-state index contributed by atoms with van der Waals surface area (Å²) in [5, 5.41) is 3.68. The lowest BCUT2D eigenvalue weighted by Crippen LogP contribution is -2.12. The average Bonchev–Trinajstić information content (AvgIpc) is 2.15. The highest BCUT2D eigenvalue weighted by Crippen LogP contribution is 1.81. The molecule has 0 radical (unpaired) electrons. The molecule has 0 atom stereocenters. The maximum atomic E-state index is 4.79. The third kappa shape index (κ3) is 0.872. The van der Waals surface area contributed by atoms with Crippen molar-refractivity contribution in [3.63, 3.8) is 0 Å². The van der Waals surface area contributed by atoms with Crippen LogP contribution in [0.3, 0.4) is 0 Å². The minimum Gasteiger partial charge on any atom is -0.315 e. The van der Waals surface area contributed by atoms with Gasteiger partial charge in [-0.15, -0.1) is 0 Å². The Hall–Kier alpha value is -1.06. The van der Waals surface area contributed by atoms with Crippen LogP contribution < -0.4 is 5.68 Å². The van der Waals surface area contributed by atoms with Crippen LogP contribution in [0.25, 0.3) is 0 Å². The Kier molecular flexibility index (Phi) is 1.38. The summed E-state index contributed by atoms with van der Waals surface area (Å²) in [7, 11) is 3.52. The van der Waals surface area contributed by atoms with Gasteiger partial charge >= 0.3 is 5.68 Å². The normalized spacial score (nSPS) is 12.6. The molecule has 0 saturated carbocycles. The van der Waals surface area contributed by atoms with E-state index in [0.29, 0.717) is 5.68 Å². The third-order valence-electron chi connectivity index (χ3n) is 1.22. The molecule has 0 fully saturated rings. The van der Waals surface area contributed by atoms with Crippen LogP contribution in [0.2, 0.25) is 0 Å². The molecule has 1 aromatic heterocycles. The summed E-state index contributed by atoms with van der Waals surface area (Å²) in [6, 6.07) is 0. The second-order valence-electron chi connectivity index (χ2n) is 1.79. The van der Waals surface area contributed by atoms with Crippen LogP contribution in [0.15, 0.2) is 9.52 Å². The van der Waals surface area contributed by atoms with Crippen molar-refractivity contribution in [1.29, 1.82) is 0 Å². The van der Waals surface area contributed by atoms with Gasteiger partial charge in [0.05, 0.1) is 0 Å². The Morgan fingerprint density at radius 2 is 2.33 bits per heavy atom. The first-order valence-corrected chi connectivity index (χ1v) is 2.68. The van der Waals surface area contributed by atoms with Crippen LogP contribution in [0.4, 0.5) is 0 Å². The van der Waals surface area contributed by atoms with Gasteiger partial charge in [-0.1, -0.05) is 5.16 Å². The molecule has 0 aliphatic rings. The highest BCUT2D eigenvalue weighted by molar-refractivity contribution is 4.74. The molecule has 0 saturated heterocycles. The maximum Gasteiger partial charge on any atom is 0.322 e. The van der Waals surface area contributed by atoms with Crippen LogP contribution in [-0.4, -0.2) is 16.8 Å². The second-order valence-corrected chi connectivity index (χ2v) is 1.79. The number of hydrogen-bond donors (Lipinski definition) is 0. The Labute approximate surface area is 52.8 Å². The van der Waals surface area contributed by atoms with Gasteiger partial charge in [0.15, 0.2) is 0 Å². The topological polar surface area (TPSA) is 43.3 Å². The first-order valence-electron chi connectivity index (χ1n) is 2.68. The summed E-state index contributed by atoms with van der Waals surface area (Å²) >= 11 is 0. The first-order chi connectivity index (χ1) is 4.25. The van der Waals surface area contributed by atoms with Crippen molar-refractivity contribution in [2.24, 2.45) is 12.0 Å². The summed E-state index contributed by atoms with van der Waals surface area (Å²) < 4.78 is 6.57. The predicted octanol–water partition coefficient (Wildman–Crippen LogP) is -0.148. The molecule has 0 spiro atoms. The molecule has 0 amide bonds. The van der Waals surface area contributed by atoms with Crippen molar-refractivity contribution in [3.8, 4) is 0 Å². The highest BCUT2D eigenvalue weighted by Gasteiger charge is 1.94. The maximum absolute atomic E-state index is 4.79. The van der Waals surface area contributed by atoms with Gasteiger partial charge in [0.1, 0.15) is 5.82 Å². The van der Waals surface area contributed by atoms with Crippen molar-refractivity contribution in [2.45, 2.75) is 6.92 Å². The second kappa shape index (κ2) is 2.05. The smallest absolute Gasteiger partial charge is 0.315 e. The molecule has 0 aromatic carbocycles. The molecular weight excluding hydrogens is 118 g/mol. The summed E-state index contributed by atoms with van der Waals surface area (Å²) in [6.45, 7) is 1.86. The van der Waals surface area contributed by atoms with Gasteiger partial charge in [0.2, 0.25) is 0 Å². The Morgan fingerprint density at radius 3 is 2.56 bits per heavy atom. The van der Waals surface area contributed by atoms with Gasteiger partial charge in [-0.05, 0) is 6.92 Å². The van der Waals surface area contributed by atoms with Crippen molar-refractivity contribution >= 4 is 0 Å². The SMILES string of the molecule is CN=c1onc(C)n1C. The van der Waals surface area contributed by atoms with E-state index in [-0.39, 0.29) is 0 Å². The zero-order chi connectivity index (χ0) is 6.85. The van der Waals surface area contributed by atoms with E-state index in [4.69, 9.17) is 4.52 Å². The summed E-state index contributed by atoms with van der Waals surface area (Å²) in [4.78, 5) is 3.82. The molecule has 0 unspecified atom stereocenters. The Balaban J connectivity index is 3.37. The van der Waals surface area contributed by atoms with Crippen molar-refractivity contribution in [1.82, 2.24) is 9.72 Å². The summed E-state index contributed by atoms with van der Waals surface area (Å²) in [6.07, 6.45) is 0. The predicted molar refractivity (Wildman–Crippen MR) is 31.7 cm³/mol. The van der Waals surface area contributed by atoms with E-state index in [1.165, 1.54) is 0 Å². The third-order valence-corrected chi connectivity index (χ3v) is 1.22. The van der Waals surface area contributed by atoms with Crippen LogP contribution in [-0.2, 0) is 7.05 Å². The van der Waals surface area contributed by atoms with Gasteiger partial charge in [-0.2, -0.15) is 0 Å². The molecular formula is C5H9N3O. The summed E-state index contributed by atoms with van der Waals surface area (Å²) in [5.74, 6) is 0.829. The largest absolute Gasteiger partial charge is 0.322 e. The molecule has 0 aliphatic heterocycles. The molecule has 1 heterocycles. The lowest BCUT2D eigenvalue weighted by atomic mass is 10.7. The Morgan fingerprint density at radius 1 is 1.67 bits per heavy atom. The summed E-state index contributed by atoms with van der Waals surface area (Å²) in [5.41, 5.74) is 0.549. The van der Waals surface area contributed by atoms with Crippen LogP contribution in [0, 0.1) is 6.92 Å². The molecule has 1 aromatic rings. The van der Waals surface area contributed by atoms with E-state index in [9.17, 15) is 0 Å². The lowest BCUT2D eigenvalue weighted by Gasteiger charge is -1.85. The van der Waals surface area contributed by atoms with Gasteiger partial charge in [-0.25, -0.2) is 4.99 Å². The molecule has 1 rings (SSSR count). The zero-order valence-electron chi connectivity index (χ0n) is 5.75. The molecule has 0 bridgehead atoms. The van der Waals surface area contributed by atoms with Gasteiger partial charge in [0, 0.05) is 14.1 Å². The van der Waals surface area contributed by atoms with Crippen molar-refractivity contribution in [2.75, 3.05) is 7.05 Å². The standard InChI is InChI=1S/C5H9N3O/c1-4-7-9-5(6-2)8(4)3/h1-3H3. The molecule has 4 nitrogen and oxygen atoms in total. The first kappa shape index (κ1) is 6.07. The van der Waals surface area contributed by atoms with E-state index in [2.05, 4.69) is 10.1 Å². The average molecular weight is 127 g/mol. The molecule has 0 aliphatic carbocycles. The fourth-order valence-electron chi connectivity index (χ4n) is 0.559. The van der Waals surface area contributed by atoms with Crippen LogP contribution >= 0.6 is 0 Å². The van der Waals surface area contributed by atoms with Gasteiger partial charge < -0.3 is 4.52 Å². The van der Waals surface area contributed by atoms with Crippen LogP contribution in [0.5, 0.6) is 0 Å². The molecule has 4 heteroatoms. The Bertz CT molecular complexity index is 257. The lowest BCUT2D eigenvalue weighted by molar-refractivity contribution is 0.365. The fourth-order valence-corrected chi connectivity index (χ4v) is 0.559. The number of nitrogens with zero attached hydrogens (tertiary/aromatic N) is 3. The molecule has 50 valence electrons. The van der Waals surface area contributed by atoms with E-state index in [1.807, 2.05) is 14.0 Å². The van der Waals surface area contributed by atoms with Crippen molar-refractivity contribution in [3.05, 3.63) is 11.5 Å². The van der Waals surface area contributed by atoms with E-state index in [0.717, 1.165) is 5.82 Å². The number of aromatic nitrogens is 2. The van der Waals surface area contributed by atoms with E-state index >= 15 is 0 Å². The quantitative estimate of drug-likeness (QED) is 0.486. The fraction of sp³-hybridized carbons (Fsp3) is 0.600. The zero-order valence-corrected chi connectivity index (χ0v) is 5.75. The van der Waals surface area contributed by atoms with E-state index in [1.54, 1.807) is 11.6 Å². The van der Waals surface area contributed by atoms with Gasteiger partial charge in [-0.3, -0.25) is 4.57 Å². The minimum absolute atomic E-state index is 0.549. The van der Waals surface area contributed by atoms with Crippen LogP contribution in [0.1, 0.15) is 5.82 Å². The number of rotatable bonds is 0. The van der Waals surface area contributed by atoms with E-state index < -0.39 is 0 Å². The highest BCUT2D eigenvalue weighted by atomic mass is 16.5. The van der Waals surface area contributed by atoms with Gasteiger partial charge in [0.25, 0.3) is 0 Å². The molecule has 9 heavy (non-hydrogen) atoms. The number of hydrogen-bond acceptors (Lipinski definition) is 3. The minimum atomic E-state index is 0.549. The number of aryl methyl sites for hydroxylation is 1. The molecule has 0 N–H and O–H groups in total.